The van der Waals surface area contributed by atoms with Crippen LogP contribution in [0.1, 0.15) is 27.5 Å². The molecular weight excluding hydrogens is 536 g/mol. The van der Waals surface area contributed by atoms with Crippen molar-refractivity contribution in [2.45, 2.75) is 12.6 Å². The zero-order valence-electron chi connectivity index (χ0n) is 23.0. The van der Waals surface area contributed by atoms with Gasteiger partial charge in [-0.1, -0.05) is 30.3 Å². The zero-order chi connectivity index (χ0) is 29.6. The van der Waals surface area contributed by atoms with Crippen LogP contribution in [0.15, 0.2) is 97.3 Å². The molecule has 1 atom stereocenters. The summed E-state index contributed by atoms with van der Waals surface area (Å²) in [5, 5.41) is 2.90. The number of nitrogens with one attached hydrogen (secondary N) is 1. The highest BCUT2D eigenvalue weighted by Gasteiger charge is 2.39. The maximum atomic E-state index is 14.1. The molecule has 1 N–H and O–H groups in total. The van der Waals surface area contributed by atoms with Gasteiger partial charge in [-0.2, -0.15) is 0 Å². The van der Waals surface area contributed by atoms with E-state index < -0.39 is 36.1 Å². The average molecular weight is 565 g/mol. The third-order valence-electron chi connectivity index (χ3n) is 6.92. The van der Waals surface area contributed by atoms with Crippen molar-refractivity contribution in [3.05, 3.63) is 114 Å². The molecule has 0 spiro atoms. The normalized spacial score (nSPS) is 12.9. The van der Waals surface area contributed by atoms with Crippen LogP contribution in [0.5, 0.6) is 11.5 Å². The minimum atomic E-state index is -1.12. The van der Waals surface area contributed by atoms with Gasteiger partial charge in [0.2, 0.25) is 5.91 Å². The molecule has 4 aromatic rings. The van der Waals surface area contributed by atoms with Crippen molar-refractivity contribution < 1.29 is 28.7 Å². The third kappa shape index (κ3) is 5.83. The average Bonchev–Trinajstić information content (AvgIpc) is 3.26. The molecule has 0 unspecified atom stereocenters. The van der Waals surface area contributed by atoms with E-state index in [-0.39, 0.29) is 12.1 Å². The van der Waals surface area contributed by atoms with Gasteiger partial charge in [-0.15, -0.1) is 0 Å². The molecule has 0 radical (unpaired) electrons. The number of benzene rings is 3. The van der Waals surface area contributed by atoms with Crippen LogP contribution in [0.3, 0.4) is 0 Å². The van der Waals surface area contributed by atoms with E-state index in [1.807, 2.05) is 0 Å². The number of fused-ring (bicyclic) bond motifs is 1. The van der Waals surface area contributed by atoms with Gasteiger partial charge in [0.1, 0.15) is 24.1 Å². The Balaban J connectivity index is 1.53. The summed E-state index contributed by atoms with van der Waals surface area (Å²) in [5.74, 6) is -1.29. The number of ketones is 1. The van der Waals surface area contributed by atoms with Crippen molar-refractivity contribution in [3.63, 3.8) is 0 Å². The van der Waals surface area contributed by atoms with Crippen molar-refractivity contribution in [1.82, 2.24) is 9.88 Å². The predicted molar refractivity (Wildman–Crippen MR) is 155 cm³/mol. The number of anilines is 2. The summed E-state index contributed by atoms with van der Waals surface area (Å²) in [6.07, 6.45) is 3.21. The number of hydrogen-bond acceptors (Lipinski definition) is 7. The fraction of sp³-hybridized carbons (Fsp3) is 0.156. The fourth-order valence-corrected chi connectivity index (χ4v) is 4.79. The van der Waals surface area contributed by atoms with Crippen LogP contribution in [0, 0.1) is 0 Å². The Morgan fingerprint density at radius 3 is 2.19 bits per heavy atom. The number of ether oxygens (including phenoxy) is 2. The number of methoxy groups -OCH3 is 2. The van der Waals surface area contributed by atoms with Crippen molar-refractivity contribution in [2.75, 3.05) is 31.0 Å². The van der Waals surface area contributed by atoms with Crippen LogP contribution in [0.4, 0.5) is 11.4 Å². The van der Waals surface area contributed by atoms with Crippen LogP contribution in [-0.2, 0) is 20.9 Å². The first kappa shape index (κ1) is 28.0. The second kappa shape index (κ2) is 12.3. The van der Waals surface area contributed by atoms with Gasteiger partial charge in [-0.25, -0.2) is 0 Å². The molecule has 1 aromatic heterocycles. The monoisotopic (exact) mass is 564 g/mol. The number of para-hydroxylation sites is 1. The number of amides is 3. The molecule has 212 valence electrons. The van der Waals surface area contributed by atoms with Crippen molar-refractivity contribution in [3.8, 4) is 11.5 Å². The Morgan fingerprint density at radius 2 is 1.55 bits per heavy atom. The fourth-order valence-electron chi connectivity index (χ4n) is 4.79. The minimum absolute atomic E-state index is 0.0109. The number of carbonyl (C=O) groups excluding carboxylic acids is 4. The van der Waals surface area contributed by atoms with Crippen molar-refractivity contribution in [2.24, 2.45) is 0 Å². The highest BCUT2D eigenvalue weighted by Crippen LogP contribution is 2.31. The lowest BCUT2D eigenvalue weighted by atomic mass is 10.0. The number of aromatic nitrogens is 1. The molecule has 0 saturated carbocycles. The number of pyridine rings is 1. The Morgan fingerprint density at radius 1 is 0.881 bits per heavy atom. The predicted octanol–water partition coefficient (Wildman–Crippen LogP) is 4.04. The summed E-state index contributed by atoms with van der Waals surface area (Å²) < 4.78 is 10.5. The van der Waals surface area contributed by atoms with Gasteiger partial charge in [-0.05, 0) is 65.7 Å². The Kier molecular flexibility index (Phi) is 8.24. The second-order valence-electron chi connectivity index (χ2n) is 9.51. The third-order valence-corrected chi connectivity index (χ3v) is 6.92. The lowest BCUT2D eigenvalue weighted by Crippen LogP contribution is -2.46. The zero-order valence-corrected chi connectivity index (χ0v) is 23.0. The molecule has 3 aromatic carbocycles. The number of hydrogen-bond donors (Lipinski definition) is 1. The highest BCUT2D eigenvalue weighted by atomic mass is 16.5. The molecule has 1 aliphatic rings. The number of carbonyl (C=O) groups is 4. The van der Waals surface area contributed by atoms with E-state index in [2.05, 4.69) is 10.3 Å². The number of Topliss-reactive ketones (excluding diaryl/α,β-unsaturated/α-hetero) is 1. The van der Waals surface area contributed by atoms with Gasteiger partial charge in [0, 0.05) is 24.6 Å². The standard InChI is InChI=1S/C32H28N4O6/c1-41-24-13-9-22(10-14-24)29(31(39)34-23-11-15-25(42-2)16-12-23)36(19-21-6-5-17-33-18-21)28(37)20-35-27-8-4-3-7-26(27)30(38)32(35)40/h3-18,29H,19-20H2,1-2H3,(H,34,39)/t29-/m0/s1. The summed E-state index contributed by atoms with van der Waals surface area (Å²) in [6, 6.07) is 22.6. The van der Waals surface area contributed by atoms with E-state index in [4.69, 9.17) is 9.47 Å². The Bertz CT molecular complexity index is 1610. The molecule has 0 bridgehead atoms. The number of nitrogens with zero attached hydrogens (tertiary/aromatic N) is 3. The van der Waals surface area contributed by atoms with E-state index in [9.17, 15) is 19.2 Å². The largest absolute Gasteiger partial charge is 0.497 e. The minimum Gasteiger partial charge on any atom is -0.497 e. The summed E-state index contributed by atoms with van der Waals surface area (Å²) in [4.78, 5) is 60.3. The molecule has 42 heavy (non-hydrogen) atoms. The molecular formula is C32H28N4O6. The van der Waals surface area contributed by atoms with Gasteiger partial charge in [-0.3, -0.25) is 29.1 Å². The molecule has 3 amide bonds. The smallest absolute Gasteiger partial charge is 0.299 e. The summed E-state index contributed by atoms with van der Waals surface area (Å²) in [6.45, 7) is -0.429. The molecule has 10 heteroatoms. The molecule has 10 nitrogen and oxygen atoms in total. The van der Waals surface area contributed by atoms with Gasteiger partial charge in [0.25, 0.3) is 17.6 Å². The van der Waals surface area contributed by atoms with E-state index in [1.54, 1.807) is 104 Å². The van der Waals surface area contributed by atoms with Gasteiger partial charge < -0.3 is 19.7 Å². The maximum absolute atomic E-state index is 14.1. The van der Waals surface area contributed by atoms with Crippen LogP contribution in [0.25, 0.3) is 0 Å². The summed E-state index contributed by atoms with van der Waals surface area (Å²) in [5.41, 5.74) is 2.28. The van der Waals surface area contributed by atoms with Crippen LogP contribution < -0.4 is 19.7 Å². The lowest BCUT2D eigenvalue weighted by Gasteiger charge is -2.33. The summed E-state index contributed by atoms with van der Waals surface area (Å²) in [7, 11) is 3.08. The van der Waals surface area contributed by atoms with E-state index in [1.165, 1.54) is 12.0 Å². The number of rotatable bonds is 10. The van der Waals surface area contributed by atoms with Gasteiger partial charge in [0.05, 0.1) is 25.5 Å². The van der Waals surface area contributed by atoms with Gasteiger partial charge >= 0.3 is 0 Å². The maximum Gasteiger partial charge on any atom is 0.299 e. The first-order chi connectivity index (χ1) is 20.4. The molecule has 0 aliphatic carbocycles. The second-order valence-corrected chi connectivity index (χ2v) is 9.51. The molecule has 5 rings (SSSR count). The Labute approximate surface area is 242 Å². The van der Waals surface area contributed by atoms with Gasteiger partial charge in [0.15, 0.2) is 0 Å². The first-order valence-electron chi connectivity index (χ1n) is 13.1. The van der Waals surface area contributed by atoms with Crippen LogP contribution >= 0.6 is 0 Å². The molecule has 0 fully saturated rings. The molecule has 2 heterocycles. The topological polar surface area (TPSA) is 118 Å². The lowest BCUT2D eigenvalue weighted by molar-refractivity contribution is -0.139. The first-order valence-corrected chi connectivity index (χ1v) is 13.1. The quantitative estimate of drug-likeness (QED) is 0.289. The van der Waals surface area contributed by atoms with Crippen molar-refractivity contribution >= 4 is 34.9 Å². The van der Waals surface area contributed by atoms with Crippen molar-refractivity contribution in [1.29, 1.82) is 0 Å². The van der Waals surface area contributed by atoms with Crippen LogP contribution in [0.2, 0.25) is 0 Å². The van der Waals surface area contributed by atoms with Crippen LogP contribution in [-0.4, -0.2) is 54.2 Å². The highest BCUT2D eigenvalue weighted by molar-refractivity contribution is 6.52. The summed E-state index contributed by atoms with van der Waals surface area (Å²) >= 11 is 0. The van der Waals surface area contributed by atoms with E-state index >= 15 is 0 Å². The van der Waals surface area contributed by atoms with E-state index in [0.29, 0.717) is 34.0 Å². The molecule has 1 aliphatic heterocycles. The molecule has 0 saturated heterocycles. The SMILES string of the molecule is COc1ccc(NC(=O)[C@H](c2ccc(OC)cc2)N(Cc2cccnc2)C(=O)CN2C(=O)C(=O)c3ccccc32)cc1. The Hall–Kier alpha value is -5.51. The van der Waals surface area contributed by atoms with E-state index in [0.717, 1.165) is 4.90 Å².